The maximum atomic E-state index is 12.9. The van der Waals surface area contributed by atoms with Crippen LogP contribution in [0.5, 0.6) is 0 Å². The van der Waals surface area contributed by atoms with Crippen LogP contribution in [-0.4, -0.2) is 39.8 Å². The lowest BCUT2D eigenvalue weighted by Crippen LogP contribution is -2.39. The van der Waals surface area contributed by atoms with Crippen molar-refractivity contribution in [1.29, 1.82) is 0 Å². The molecule has 120 valence electrons. The van der Waals surface area contributed by atoms with E-state index in [2.05, 4.69) is 14.9 Å². The molecule has 4 nitrogen and oxygen atoms in total. The number of ketones is 1. The van der Waals surface area contributed by atoms with Gasteiger partial charge in [0.15, 0.2) is 5.78 Å². The zero-order valence-corrected chi connectivity index (χ0v) is 13.4. The van der Waals surface area contributed by atoms with Gasteiger partial charge in [-0.05, 0) is 48.3 Å². The number of rotatable bonds is 3. The van der Waals surface area contributed by atoms with Gasteiger partial charge in [-0.25, -0.2) is 0 Å². The molecule has 1 aliphatic heterocycles. The van der Waals surface area contributed by atoms with Crippen molar-refractivity contribution in [3.05, 3.63) is 71.3 Å². The summed E-state index contributed by atoms with van der Waals surface area (Å²) in [6.07, 6.45) is 13.5. The van der Waals surface area contributed by atoms with E-state index in [4.69, 9.17) is 0 Å². The van der Waals surface area contributed by atoms with Crippen LogP contribution in [0.1, 0.15) is 24.0 Å². The van der Waals surface area contributed by atoms with E-state index in [1.165, 1.54) is 12.8 Å². The second-order valence-electron chi connectivity index (χ2n) is 6.38. The summed E-state index contributed by atoms with van der Waals surface area (Å²) in [7, 11) is 0. The number of nitrogens with zero attached hydrogens (tertiary/aromatic N) is 3. The Balaban J connectivity index is 1.68. The van der Waals surface area contributed by atoms with Crippen molar-refractivity contribution in [2.24, 2.45) is 0 Å². The minimum Gasteiger partial charge on any atom is -0.292 e. The third kappa shape index (κ3) is 3.34. The number of aromatic nitrogens is 2. The van der Waals surface area contributed by atoms with Crippen LogP contribution in [0.25, 0.3) is 12.2 Å². The molecule has 0 atom stereocenters. The Labute approximate surface area is 141 Å². The van der Waals surface area contributed by atoms with Crippen LogP contribution in [0.4, 0.5) is 0 Å². The monoisotopic (exact) mass is 317 g/mol. The predicted octanol–water partition coefficient (Wildman–Crippen LogP) is 2.99. The zero-order chi connectivity index (χ0) is 16.4. The van der Waals surface area contributed by atoms with Crippen LogP contribution in [-0.2, 0) is 4.79 Å². The maximum absolute atomic E-state index is 12.9. The quantitative estimate of drug-likeness (QED) is 0.817. The Hall–Kier alpha value is -2.59. The summed E-state index contributed by atoms with van der Waals surface area (Å²) in [5.41, 5.74) is 3.63. The molecule has 1 saturated heterocycles. The molecule has 0 spiro atoms. The second kappa shape index (κ2) is 6.49. The minimum atomic E-state index is 0.139. The highest BCUT2D eigenvalue weighted by molar-refractivity contribution is 6.14. The first-order chi connectivity index (χ1) is 11.8. The average Bonchev–Trinajstić information content (AvgIpc) is 3.45. The minimum absolute atomic E-state index is 0.139. The molecule has 3 heterocycles. The highest BCUT2D eigenvalue weighted by Gasteiger charge is 2.35. The summed E-state index contributed by atoms with van der Waals surface area (Å²) >= 11 is 0. The Morgan fingerprint density at radius 3 is 1.88 bits per heavy atom. The molecular weight excluding hydrogens is 298 g/mol. The van der Waals surface area contributed by atoms with E-state index in [-0.39, 0.29) is 5.78 Å². The third-order valence-corrected chi connectivity index (χ3v) is 4.44. The van der Waals surface area contributed by atoms with E-state index in [1.54, 1.807) is 24.8 Å². The van der Waals surface area contributed by atoms with E-state index < -0.39 is 0 Å². The summed E-state index contributed by atoms with van der Waals surface area (Å²) in [6, 6.07) is 8.37. The van der Waals surface area contributed by atoms with Gasteiger partial charge >= 0.3 is 0 Å². The lowest BCUT2D eigenvalue weighted by atomic mass is 9.94. The van der Waals surface area contributed by atoms with Crippen molar-refractivity contribution in [2.45, 2.75) is 18.9 Å². The van der Waals surface area contributed by atoms with Gasteiger partial charge in [-0.2, -0.15) is 0 Å². The molecule has 2 aromatic heterocycles. The van der Waals surface area contributed by atoms with Crippen molar-refractivity contribution in [2.75, 3.05) is 13.1 Å². The molecule has 0 aromatic carbocycles. The molecule has 24 heavy (non-hydrogen) atoms. The maximum Gasteiger partial charge on any atom is 0.187 e. The van der Waals surface area contributed by atoms with Gasteiger partial charge in [-0.15, -0.1) is 0 Å². The number of likely N-dealkylation sites (tertiary alicyclic amines) is 1. The Kier molecular flexibility index (Phi) is 4.05. The third-order valence-electron chi connectivity index (χ3n) is 4.44. The normalized spacial score (nSPS) is 22.2. The molecule has 1 saturated carbocycles. The molecule has 1 aliphatic carbocycles. The summed E-state index contributed by atoms with van der Waals surface area (Å²) in [5.74, 6) is 0.139. The number of carbonyl (C=O) groups is 1. The van der Waals surface area contributed by atoms with Crippen molar-refractivity contribution >= 4 is 17.9 Å². The number of carbonyl (C=O) groups excluding carboxylic acids is 1. The summed E-state index contributed by atoms with van der Waals surface area (Å²) in [4.78, 5) is 23.6. The molecule has 2 aliphatic rings. The van der Waals surface area contributed by atoms with Crippen molar-refractivity contribution in [1.82, 2.24) is 14.9 Å². The van der Waals surface area contributed by atoms with Gasteiger partial charge in [0.25, 0.3) is 0 Å². The molecule has 0 amide bonds. The average molecular weight is 317 g/mol. The topological polar surface area (TPSA) is 46.1 Å². The van der Waals surface area contributed by atoms with Gasteiger partial charge in [0, 0.05) is 55.1 Å². The van der Waals surface area contributed by atoms with Crippen LogP contribution < -0.4 is 0 Å². The zero-order valence-electron chi connectivity index (χ0n) is 13.4. The number of hydrogen-bond acceptors (Lipinski definition) is 4. The molecule has 4 heteroatoms. The Morgan fingerprint density at radius 2 is 1.46 bits per heavy atom. The summed E-state index contributed by atoms with van der Waals surface area (Å²) < 4.78 is 0. The fraction of sp³-hybridized carbons (Fsp3) is 0.250. The van der Waals surface area contributed by atoms with Crippen LogP contribution in [0, 0.1) is 0 Å². The first-order valence-electron chi connectivity index (χ1n) is 8.29. The van der Waals surface area contributed by atoms with Gasteiger partial charge in [0.1, 0.15) is 0 Å². The van der Waals surface area contributed by atoms with Gasteiger partial charge in [-0.3, -0.25) is 19.7 Å². The summed E-state index contributed by atoms with van der Waals surface area (Å²) in [5, 5.41) is 0. The van der Waals surface area contributed by atoms with E-state index in [9.17, 15) is 4.79 Å². The molecule has 0 unspecified atom stereocenters. The number of hydrogen-bond donors (Lipinski definition) is 0. The molecule has 4 rings (SSSR count). The molecule has 0 N–H and O–H groups in total. The van der Waals surface area contributed by atoms with Crippen molar-refractivity contribution in [3.63, 3.8) is 0 Å². The SMILES string of the molecule is O=C1/C(=C/c2cccnc2)CN(C2CC2)C/C1=C\c1cccnc1. The highest BCUT2D eigenvalue weighted by atomic mass is 16.1. The fourth-order valence-electron chi connectivity index (χ4n) is 3.09. The summed E-state index contributed by atoms with van der Waals surface area (Å²) in [6.45, 7) is 1.45. The second-order valence-corrected chi connectivity index (χ2v) is 6.38. The largest absolute Gasteiger partial charge is 0.292 e. The number of piperidine rings is 1. The van der Waals surface area contributed by atoms with Crippen LogP contribution in [0.15, 0.2) is 60.2 Å². The number of pyridine rings is 2. The van der Waals surface area contributed by atoms with Crippen molar-refractivity contribution < 1.29 is 4.79 Å². The Morgan fingerprint density at radius 1 is 0.917 bits per heavy atom. The standard InChI is InChI=1S/C20H19N3O/c24-20-17(9-15-3-1-7-21-11-15)13-23(19-5-6-19)14-18(20)10-16-4-2-8-22-12-16/h1-4,7-12,19H,5-6,13-14H2/b17-9+,18-10+. The molecule has 0 radical (unpaired) electrons. The lowest BCUT2D eigenvalue weighted by molar-refractivity contribution is -0.113. The van der Waals surface area contributed by atoms with Gasteiger partial charge < -0.3 is 0 Å². The number of Topliss-reactive ketones (excluding diaryl/α,β-unsaturated/α-hetero) is 1. The molecule has 2 fully saturated rings. The van der Waals surface area contributed by atoms with Crippen LogP contribution >= 0.6 is 0 Å². The first kappa shape index (κ1) is 15.0. The van der Waals surface area contributed by atoms with E-state index in [0.717, 1.165) is 35.4 Å². The van der Waals surface area contributed by atoms with Crippen molar-refractivity contribution in [3.8, 4) is 0 Å². The molecule has 0 bridgehead atoms. The smallest absolute Gasteiger partial charge is 0.187 e. The van der Waals surface area contributed by atoms with E-state index in [0.29, 0.717) is 6.04 Å². The van der Waals surface area contributed by atoms with Gasteiger partial charge in [0.05, 0.1) is 0 Å². The van der Waals surface area contributed by atoms with Crippen LogP contribution in [0.2, 0.25) is 0 Å². The molecule has 2 aromatic rings. The van der Waals surface area contributed by atoms with Gasteiger partial charge in [-0.1, -0.05) is 12.1 Å². The Bertz CT molecular complexity index is 731. The van der Waals surface area contributed by atoms with E-state index in [1.807, 2.05) is 36.4 Å². The highest BCUT2D eigenvalue weighted by Crippen LogP contribution is 2.32. The van der Waals surface area contributed by atoms with Gasteiger partial charge in [0.2, 0.25) is 0 Å². The van der Waals surface area contributed by atoms with Crippen LogP contribution in [0.3, 0.4) is 0 Å². The predicted molar refractivity (Wildman–Crippen MR) is 94.0 cm³/mol. The lowest BCUT2D eigenvalue weighted by Gasteiger charge is -2.29. The first-order valence-corrected chi connectivity index (χ1v) is 8.29. The van der Waals surface area contributed by atoms with E-state index >= 15 is 0 Å². The molecular formula is C20H19N3O. The fourth-order valence-corrected chi connectivity index (χ4v) is 3.09.